The fourth-order valence-electron chi connectivity index (χ4n) is 4.10. The average Bonchev–Trinajstić information content (AvgIpc) is 2.69. The van der Waals surface area contributed by atoms with E-state index in [4.69, 9.17) is 9.47 Å². The fourth-order valence-corrected chi connectivity index (χ4v) is 4.10. The molecule has 1 rings (SSSR count). The van der Waals surface area contributed by atoms with Gasteiger partial charge in [0.2, 0.25) is 0 Å². The molecule has 1 aliphatic rings. The van der Waals surface area contributed by atoms with Crippen molar-refractivity contribution in [1.29, 1.82) is 0 Å². The summed E-state index contributed by atoms with van der Waals surface area (Å²) in [5.74, 6) is -0.384. The zero-order valence-corrected chi connectivity index (χ0v) is 17.8. The monoisotopic (exact) mass is 392 g/mol. The molecule has 4 heteroatoms. The second-order valence-corrected chi connectivity index (χ2v) is 8.07. The lowest BCUT2D eigenvalue weighted by molar-refractivity contribution is -0.154. The van der Waals surface area contributed by atoms with Crippen molar-refractivity contribution in [2.24, 2.45) is 5.92 Å². The van der Waals surface area contributed by atoms with E-state index in [1.54, 1.807) is 0 Å². The van der Waals surface area contributed by atoms with Crippen LogP contribution in [0.1, 0.15) is 96.8 Å². The van der Waals surface area contributed by atoms with Crippen LogP contribution >= 0.6 is 0 Å². The molecule has 1 fully saturated rings. The van der Waals surface area contributed by atoms with Gasteiger partial charge in [-0.2, -0.15) is 0 Å². The molecule has 4 nitrogen and oxygen atoms in total. The SMILES string of the molecule is C=CC(=O)OC1CC(CCCCCCCCCCCC)CC(OC(=O)C=C)C1. The van der Waals surface area contributed by atoms with E-state index in [2.05, 4.69) is 20.1 Å². The van der Waals surface area contributed by atoms with Gasteiger partial charge in [-0.1, -0.05) is 90.7 Å². The summed E-state index contributed by atoms with van der Waals surface area (Å²) in [4.78, 5) is 23.1. The molecule has 0 aromatic heterocycles. The molecule has 1 aliphatic carbocycles. The van der Waals surface area contributed by atoms with E-state index >= 15 is 0 Å². The number of carbonyl (C=O) groups is 2. The van der Waals surface area contributed by atoms with Gasteiger partial charge in [-0.15, -0.1) is 0 Å². The molecule has 160 valence electrons. The van der Waals surface area contributed by atoms with Gasteiger partial charge < -0.3 is 9.47 Å². The summed E-state index contributed by atoms with van der Waals surface area (Å²) in [7, 11) is 0. The third-order valence-electron chi connectivity index (χ3n) is 5.58. The van der Waals surface area contributed by atoms with Gasteiger partial charge in [-0.25, -0.2) is 9.59 Å². The molecular weight excluding hydrogens is 352 g/mol. The highest BCUT2D eigenvalue weighted by atomic mass is 16.6. The van der Waals surface area contributed by atoms with Gasteiger partial charge in [0.1, 0.15) is 12.2 Å². The number of hydrogen-bond acceptors (Lipinski definition) is 4. The van der Waals surface area contributed by atoms with Crippen LogP contribution in [-0.4, -0.2) is 24.1 Å². The first kappa shape index (κ1) is 24.5. The number of hydrogen-bond donors (Lipinski definition) is 0. The van der Waals surface area contributed by atoms with Gasteiger partial charge in [0.15, 0.2) is 0 Å². The van der Waals surface area contributed by atoms with Crippen molar-refractivity contribution in [2.75, 3.05) is 0 Å². The maximum atomic E-state index is 11.6. The molecule has 0 aromatic carbocycles. The Morgan fingerprint density at radius 3 is 1.61 bits per heavy atom. The smallest absolute Gasteiger partial charge is 0.330 e. The Bertz CT molecular complexity index is 441. The van der Waals surface area contributed by atoms with Crippen LogP contribution in [0, 0.1) is 5.92 Å². The number of esters is 2. The highest BCUT2D eigenvalue weighted by molar-refractivity contribution is 5.81. The van der Waals surface area contributed by atoms with Gasteiger partial charge in [0, 0.05) is 18.6 Å². The van der Waals surface area contributed by atoms with Gasteiger partial charge in [-0.3, -0.25) is 0 Å². The summed E-state index contributed by atoms with van der Waals surface area (Å²) in [6.07, 6.45) is 18.6. The molecule has 2 unspecified atom stereocenters. The predicted octanol–water partition coefficient (Wildman–Crippen LogP) is 6.29. The van der Waals surface area contributed by atoms with Crippen LogP contribution in [0.2, 0.25) is 0 Å². The van der Waals surface area contributed by atoms with Crippen LogP contribution in [0.3, 0.4) is 0 Å². The maximum absolute atomic E-state index is 11.6. The summed E-state index contributed by atoms with van der Waals surface area (Å²) in [6.45, 7) is 9.17. The number of carbonyl (C=O) groups excluding carboxylic acids is 2. The molecule has 0 aromatic rings. The van der Waals surface area contributed by atoms with Crippen LogP contribution in [0.5, 0.6) is 0 Å². The first-order valence-electron chi connectivity index (χ1n) is 11.2. The molecule has 2 atom stereocenters. The van der Waals surface area contributed by atoms with E-state index in [-0.39, 0.29) is 12.2 Å². The van der Waals surface area contributed by atoms with Crippen LogP contribution in [0.25, 0.3) is 0 Å². The van der Waals surface area contributed by atoms with E-state index in [0.717, 1.165) is 19.3 Å². The lowest BCUT2D eigenvalue weighted by Gasteiger charge is -2.34. The molecule has 0 N–H and O–H groups in total. The largest absolute Gasteiger partial charge is 0.459 e. The minimum Gasteiger partial charge on any atom is -0.459 e. The zero-order chi connectivity index (χ0) is 20.6. The minimum absolute atomic E-state index is 0.199. The minimum atomic E-state index is -0.404. The molecule has 0 saturated heterocycles. The number of ether oxygens (including phenoxy) is 2. The first-order valence-corrected chi connectivity index (χ1v) is 11.2. The molecule has 1 saturated carbocycles. The van der Waals surface area contributed by atoms with E-state index in [1.165, 1.54) is 76.4 Å². The summed E-state index contributed by atoms with van der Waals surface area (Å²) >= 11 is 0. The summed E-state index contributed by atoms with van der Waals surface area (Å²) in [5.41, 5.74) is 0. The molecule has 0 radical (unpaired) electrons. The van der Waals surface area contributed by atoms with Gasteiger partial charge in [-0.05, 0) is 18.8 Å². The van der Waals surface area contributed by atoms with Crippen LogP contribution < -0.4 is 0 Å². The topological polar surface area (TPSA) is 52.6 Å². The Kier molecular flexibility index (Phi) is 13.4. The molecular formula is C24H40O4. The van der Waals surface area contributed by atoms with Crippen LogP contribution in [0.4, 0.5) is 0 Å². The van der Waals surface area contributed by atoms with E-state index in [0.29, 0.717) is 12.3 Å². The molecule has 0 bridgehead atoms. The van der Waals surface area contributed by atoms with Crippen molar-refractivity contribution >= 4 is 11.9 Å². The van der Waals surface area contributed by atoms with Gasteiger partial charge >= 0.3 is 11.9 Å². The quantitative estimate of drug-likeness (QED) is 0.187. The van der Waals surface area contributed by atoms with Crippen LogP contribution in [0.15, 0.2) is 25.3 Å². The second kappa shape index (κ2) is 15.4. The number of unbranched alkanes of at least 4 members (excludes halogenated alkanes) is 9. The standard InChI is InChI=1S/C24H40O4/c1-4-7-8-9-10-11-12-13-14-15-16-20-17-21(27-23(25)5-2)19-22(18-20)28-24(26)6-3/h5-6,20-22H,2-4,7-19H2,1H3. The van der Waals surface area contributed by atoms with Crippen molar-refractivity contribution in [3.63, 3.8) is 0 Å². The number of rotatable bonds is 15. The Hall–Kier alpha value is -1.58. The normalized spacial score (nSPS) is 21.7. The van der Waals surface area contributed by atoms with Crippen LogP contribution in [-0.2, 0) is 19.1 Å². The van der Waals surface area contributed by atoms with Crippen molar-refractivity contribution < 1.29 is 19.1 Å². The molecule has 0 spiro atoms. The summed E-state index contributed by atoms with van der Waals surface area (Å²) in [5, 5.41) is 0. The van der Waals surface area contributed by atoms with Crippen molar-refractivity contribution in [3.8, 4) is 0 Å². The van der Waals surface area contributed by atoms with E-state index in [9.17, 15) is 9.59 Å². The van der Waals surface area contributed by atoms with Gasteiger partial charge in [0.25, 0.3) is 0 Å². The Morgan fingerprint density at radius 1 is 0.750 bits per heavy atom. The fraction of sp³-hybridized carbons (Fsp3) is 0.750. The summed E-state index contributed by atoms with van der Waals surface area (Å²) in [6, 6.07) is 0. The molecule has 28 heavy (non-hydrogen) atoms. The maximum Gasteiger partial charge on any atom is 0.330 e. The predicted molar refractivity (Wildman–Crippen MR) is 114 cm³/mol. The highest BCUT2D eigenvalue weighted by Crippen LogP contribution is 2.32. The lowest BCUT2D eigenvalue weighted by Crippen LogP contribution is -2.35. The Labute approximate surface area is 171 Å². The summed E-state index contributed by atoms with van der Waals surface area (Å²) < 4.78 is 10.9. The van der Waals surface area contributed by atoms with Crippen molar-refractivity contribution in [2.45, 2.75) is 109 Å². The third kappa shape index (κ3) is 11.3. The van der Waals surface area contributed by atoms with E-state index < -0.39 is 11.9 Å². The van der Waals surface area contributed by atoms with E-state index in [1.807, 2.05) is 0 Å². The zero-order valence-electron chi connectivity index (χ0n) is 17.8. The Balaban J connectivity index is 2.26. The molecule has 0 aliphatic heterocycles. The second-order valence-electron chi connectivity index (χ2n) is 8.07. The third-order valence-corrected chi connectivity index (χ3v) is 5.58. The average molecular weight is 393 g/mol. The molecule has 0 amide bonds. The lowest BCUT2D eigenvalue weighted by atomic mass is 9.82. The highest BCUT2D eigenvalue weighted by Gasteiger charge is 2.32. The van der Waals surface area contributed by atoms with Gasteiger partial charge in [0.05, 0.1) is 0 Å². The van der Waals surface area contributed by atoms with Crippen molar-refractivity contribution in [3.05, 3.63) is 25.3 Å². The van der Waals surface area contributed by atoms with Crippen molar-refractivity contribution in [1.82, 2.24) is 0 Å². The first-order chi connectivity index (χ1) is 13.6. The Morgan fingerprint density at radius 2 is 1.18 bits per heavy atom. The molecule has 0 heterocycles.